The molecule has 1 aromatic carbocycles. The first-order valence-electron chi connectivity index (χ1n) is 5.07. The van der Waals surface area contributed by atoms with Gasteiger partial charge in [-0.25, -0.2) is 0 Å². The highest BCUT2D eigenvalue weighted by atomic mass is 35.5. The van der Waals surface area contributed by atoms with Gasteiger partial charge in [0, 0.05) is 6.54 Å². The van der Waals surface area contributed by atoms with Crippen molar-refractivity contribution in [1.29, 1.82) is 0 Å². The van der Waals surface area contributed by atoms with Gasteiger partial charge in [-0.15, -0.1) is 0 Å². The molecule has 0 aliphatic carbocycles. The predicted molar refractivity (Wildman–Crippen MR) is 67.8 cm³/mol. The van der Waals surface area contributed by atoms with Crippen molar-refractivity contribution in [3.63, 3.8) is 0 Å². The van der Waals surface area contributed by atoms with E-state index in [2.05, 4.69) is 12.2 Å². The maximum Gasteiger partial charge on any atom is 0.0823 e. The lowest BCUT2D eigenvalue weighted by molar-refractivity contribution is 0.548. The van der Waals surface area contributed by atoms with Crippen LogP contribution in [0.5, 0.6) is 0 Å². The van der Waals surface area contributed by atoms with Gasteiger partial charge in [-0.3, -0.25) is 0 Å². The summed E-state index contributed by atoms with van der Waals surface area (Å²) in [6.45, 7) is 3.63. The molecule has 0 aromatic heterocycles. The topological polar surface area (TPSA) is 38.0 Å². The van der Waals surface area contributed by atoms with Crippen LogP contribution in [-0.4, -0.2) is 13.1 Å². The molecule has 0 spiro atoms. The molecule has 1 aromatic rings. The SMILES string of the molecule is CCC(CN)CNc1cccc(Cl)c1Cl. The van der Waals surface area contributed by atoms with E-state index in [4.69, 9.17) is 28.9 Å². The van der Waals surface area contributed by atoms with E-state index < -0.39 is 0 Å². The molecule has 0 radical (unpaired) electrons. The van der Waals surface area contributed by atoms with E-state index in [-0.39, 0.29) is 0 Å². The van der Waals surface area contributed by atoms with Gasteiger partial charge >= 0.3 is 0 Å². The molecule has 0 fully saturated rings. The third kappa shape index (κ3) is 3.56. The van der Waals surface area contributed by atoms with Crippen molar-refractivity contribution in [2.75, 3.05) is 18.4 Å². The summed E-state index contributed by atoms with van der Waals surface area (Å²) in [6, 6.07) is 5.56. The second-order valence-corrected chi connectivity index (χ2v) is 4.28. The van der Waals surface area contributed by atoms with Crippen LogP contribution in [0.25, 0.3) is 0 Å². The van der Waals surface area contributed by atoms with Crippen molar-refractivity contribution in [2.24, 2.45) is 11.7 Å². The fourth-order valence-corrected chi connectivity index (χ4v) is 1.66. The van der Waals surface area contributed by atoms with Gasteiger partial charge in [-0.05, 0) is 24.6 Å². The van der Waals surface area contributed by atoms with Crippen LogP contribution in [0.2, 0.25) is 10.0 Å². The second kappa shape index (κ2) is 6.21. The predicted octanol–water partition coefficient (Wildman–Crippen LogP) is 3.39. The minimum absolute atomic E-state index is 0.472. The van der Waals surface area contributed by atoms with E-state index in [1.54, 1.807) is 6.07 Å². The Balaban J connectivity index is 2.61. The third-order valence-electron chi connectivity index (χ3n) is 2.44. The molecular formula is C11H16Cl2N2. The fraction of sp³-hybridized carbons (Fsp3) is 0.455. The average molecular weight is 247 g/mol. The summed E-state index contributed by atoms with van der Waals surface area (Å²) in [7, 11) is 0. The number of nitrogens with one attached hydrogen (secondary N) is 1. The molecule has 84 valence electrons. The third-order valence-corrected chi connectivity index (χ3v) is 3.26. The molecule has 0 aliphatic heterocycles. The van der Waals surface area contributed by atoms with Crippen LogP contribution in [0.15, 0.2) is 18.2 Å². The van der Waals surface area contributed by atoms with Gasteiger partial charge in [-0.2, -0.15) is 0 Å². The van der Waals surface area contributed by atoms with Gasteiger partial charge in [-0.1, -0.05) is 42.6 Å². The molecular weight excluding hydrogens is 231 g/mol. The summed E-state index contributed by atoms with van der Waals surface area (Å²) in [4.78, 5) is 0. The maximum atomic E-state index is 6.04. The molecule has 0 amide bonds. The lowest BCUT2D eigenvalue weighted by Crippen LogP contribution is -2.22. The van der Waals surface area contributed by atoms with Crippen molar-refractivity contribution in [1.82, 2.24) is 0 Å². The molecule has 0 bridgehead atoms. The van der Waals surface area contributed by atoms with Crippen LogP contribution in [0, 0.1) is 5.92 Å². The molecule has 3 N–H and O–H groups in total. The Morgan fingerprint density at radius 3 is 2.73 bits per heavy atom. The minimum atomic E-state index is 0.472. The first-order chi connectivity index (χ1) is 7.19. The molecule has 0 saturated carbocycles. The van der Waals surface area contributed by atoms with Gasteiger partial charge in [0.2, 0.25) is 0 Å². The van der Waals surface area contributed by atoms with Crippen molar-refractivity contribution in [3.05, 3.63) is 28.2 Å². The highest BCUT2D eigenvalue weighted by molar-refractivity contribution is 6.43. The molecule has 1 rings (SSSR count). The highest BCUT2D eigenvalue weighted by Crippen LogP contribution is 2.29. The molecule has 1 atom stereocenters. The van der Waals surface area contributed by atoms with E-state index in [1.165, 1.54) is 0 Å². The van der Waals surface area contributed by atoms with Crippen LogP contribution in [-0.2, 0) is 0 Å². The summed E-state index contributed by atoms with van der Waals surface area (Å²) in [6.07, 6.45) is 1.06. The molecule has 1 unspecified atom stereocenters. The van der Waals surface area contributed by atoms with Crippen LogP contribution in [0.4, 0.5) is 5.69 Å². The van der Waals surface area contributed by atoms with Crippen molar-refractivity contribution >= 4 is 28.9 Å². The van der Waals surface area contributed by atoms with Crippen molar-refractivity contribution in [2.45, 2.75) is 13.3 Å². The molecule has 4 heteroatoms. The molecule has 0 saturated heterocycles. The first-order valence-corrected chi connectivity index (χ1v) is 5.82. The zero-order valence-corrected chi connectivity index (χ0v) is 10.3. The lowest BCUT2D eigenvalue weighted by Gasteiger charge is -2.15. The number of nitrogens with two attached hydrogens (primary N) is 1. The zero-order valence-electron chi connectivity index (χ0n) is 8.76. The van der Waals surface area contributed by atoms with Crippen molar-refractivity contribution < 1.29 is 0 Å². The Morgan fingerprint density at radius 1 is 1.40 bits per heavy atom. The summed E-state index contributed by atoms with van der Waals surface area (Å²) < 4.78 is 0. The quantitative estimate of drug-likeness (QED) is 0.836. The molecule has 2 nitrogen and oxygen atoms in total. The molecule has 0 aliphatic rings. The van der Waals surface area contributed by atoms with Gasteiger partial charge in [0.15, 0.2) is 0 Å². The Kier molecular flexibility index (Phi) is 5.23. The van der Waals surface area contributed by atoms with Crippen LogP contribution < -0.4 is 11.1 Å². The summed E-state index contributed by atoms with van der Waals surface area (Å²) in [5.41, 5.74) is 6.49. The Labute approximate surface area is 101 Å². The largest absolute Gasteiger partial charge is 0.383 e. The molecule has 15 heavy (non-hydrogen) atoms. The second-order valence-electron chi connectivity index (χ2n) is 3.49. The Morgan fingerprint density at radius 2 is 2.13 bits per heavy atom. The number of halogens is 2. The lowest BCUT2D eigenvalue weighted by atomic mass is 10.1. The smallest absolute Gasteiger partial charge is 0.0823 e. The van der Waals surface area contributed by atoms with Crippen molar-refractivity contribution in [3.8, 4) is 0 Å². The van der Waals surface area contributed by atoms with Gasteiger partial charge < -0.3 is 11.1 Å². The summed E-state index contributed by atoms with van der Waals surface area (Å²) in [5, 5.41) is 4.41. The number of rotatable bonds is 5. The minimum Gasteiger partial charge on any atom is -0.383 e. The number of benzene rings is 1. The van der Waals surface area contributed by atoms with E-state index in [0.717, 1.165) is 18.7 Å². The van der Waals surface area contributed by atoms with Crippen LogP contribution >= 0.6 is 23.2 Å². The summed E-state index contributed by atoms with van der Waals surface area (Å²) in [5.74, 6) is 0.472. The zero-order chi connectivity index (χ0) is 11.3. The number of anilines is 1. The monoisotopic (exact) mass is 246 g/mol. The van der Waals surface area contributed by atoms with Crippen LogP contribution in [0.1, 0.15) is 13.3 Å². The normalized spacial score (nSPS) is 12.5. The van der Waals surface area contributed by atoms with Gasteiger partial charge in [0.25, 0.3) is 0 Å². The number of hydrogen-bond donors (Lipinski definition) is 2. The van der Waals surface area contributed by atoms with E-state index in [9.17, 15) is 0 Å². The maximum absolute atomic E-state index is 6.04. The summed E-state index contributed by atoms with van der Waals surface area (Å²) >= 11 is 11.9. The fourth-order valence-electron chi connectivity index (χ4n) is 1.29. The first kappa shape index (κ1) is 12.6. The average Bonchev–Trinajstić information content (AvgIpc) is 2.25. The Bertz CT molecular complexity index is 311. The highest BCUT2D eigenvalue weighted by Gasteiger charge is 2.06. The van der Waals surface area contributed by atoms with E-state index in [0.29, 0.717) is 22.5 Å². The number of hydrogen-bond acceptors (Lipinski definition) is 2. The van der Waals surface area contributed by atoms with Gasteiger partial charge in [0.1, 0.15) is 0 Å². The van der Waals surface area contributed by atoms with E-state index in [1.807, 2.05) is 12.1 Å². The van der Waals surface area contributed by atoms with Gasteiger partial charge in [0.05, 0.1) is 15.7 Å². The van der Waals surface area contributed by atoms with Crippen LogP contribution in [0.3, 0.4) is 0 Å². The Hall–Kier alpha value is -0.440. The molecule has 0 heterocycles. The standard InChI is InChI=1S/C11H16Cl2N2/c1-2-8(6-14)7-15-10-5-3-4-9(12)11(10)13/h3-5,8,15H,2,6-7,14H2,1H3. The van der Waals surface area contributed by atoms with E-state index >= 15 is 0 Å².